The number of carboxylic acid groups (broad SMARTS) is 2. The number of nitrogens with zero attached hydrogens (tertiary/aromatic N) is 3. The number of carboxylic acids is 2. The Morgan fingerprint density at radius 1 is 1.02 bits per heavy atom. The van der Waals surface area contributed by atoms with Gasteiger partial charge in [-0.3, -0.25) is 14.4 Å². The monoisotopic (exact) mass is 609 g/mol. The summed E-state index contributed by atoms with van der Waals surface area (Å²) in [5.41, 5.74) is 0.348. The van der Waals surface area contributed by atoms with E-state index in [0.29, 0.717) is 5.69 Å². The van der Waals surface area contributed by atoms with Crippen molar-refractivity contribution in [2.45, 2.75) is 60.5 Å². The summed E-state index contributed by atoms with van der Waals surface area (Å²) >= 11 is 1.01. The first-order valence-corrected chi connectivity index (χ1v) is 15.3. The molecule has 2 saturated heterocycles. The fraction of sp³-hybridized carbons (Fsp3) is 0.480. The Hall–Kier alpha value is -3.76. The third kappa shape index (κ3) is 6.77. The number of aryl methyl sites for hydroxylation is 1. The molecule has 16 heteroatoms. The number of amides is 3. The maximum Gasteiger partial charge on any atom is 0.328 e. The highest BCUT2D eigenvalue weighted by atomic mass is 32.2. The normalized spacial score (nSPS) is 22.6. The highest BCUT2D eigenvalue weighted by Gasteiger charge is 2.43. The standard InChI is InChI=1S/C25H31N5O9S2/c1-28-10-3-5-17(28)23(33)26-16-9-11-29(22(16)25(36)37)19(31)6-2-7-20(32)30-14-15(13-18(30)24(34)35)27-41(38,39)21-8-4-12-40-21/h3-5,8,10,12,15-16,18,22,27H,2,6-7,9,11,13-14H2,1H3,(H,26,33)(H,34,35)(H,36,37). The first kappa shape index (κ1) is 30.2. The fourth-order valence-electron chi connectivity index (χ4n) is 5.27. The quantitative estimate of drug-likeness (QED) is 0.273. The first-order chi connectivity index (χ1) is 19.4. The van der Waals surface area contributed by atoms with Gasteiger partial charge >= 0.3 is 11.9 Å². The van der Waals surface area contributed by atoms with E-state index >= 15 is 0 Å². The molecule has 0 saturated carbocycles. The molecule has 4 unspecified atom stereocenters. The lowest BCUT2D eigenvalue weighted by atomic mass is 10.1. The largest absolute Gasteiger partial charge is 0.480 e. The molecule has 2 aromatic rings. The number of carbonyl (C=O) groups excluding carboxylic acids is 3. The highest BCUT2D eigenvalue weighted by molar-refractivity contribution is 7.91. The van der Waals surface area contributed by atoms with Gasteiger partial charge in [0, 0.05) is 45.2 Å². The van der Waals surface area contributed by atoms with Crippen molar-refractivity contribution in [3.8, 4) is 0 Å². The number of likely N-dealkylation sites (tertiary alicyclic amines) is 2. The molecule has 14 nitrogen and oxygen atoms in total. The average Bonchev–Trinajstić information content (AvgIpc) is 3.69. The number of rotatable bonds is 11. The molecule has 2 fully saturated rings. The molecule has 2 aliphatic rings. The maximum atomic E-state index is 12.9. The van der Waals surface area contributed by atoms with Crippen molar-refractivity contribution in [3.05, 3.63) is 41.5 Å². The van der Waals surface area contributed by atoms with Gasteiger partial charge in [0.2, 0.25) is 21.8 Å². The van der Waals surface area contributed by atoms with Crippen LogP contribution in [0.1, 0.15) is 42.6 Å². The van der Waals surface area contributed by atoms with Crippen molar-refractivity contribution in [1.29, 1.82) is 0 Å². The predicted molar refractivity (Wildman–Crippen MR) is 144 cm³/mol. The third-order valence-corrected chi connectivity index (χ3v) is 10.2. The molecule has 2 aromatic heterocycles. The van der Waals surface area contributed by atoms with E-state index in [9.17, 15) is 42.6 Å². The Balaban J connectivity index is 1.31. The molecule has 0 aromatic carbocycles. The van der Waals surface area contributed by atoms with Gasteiger partial charge in [-0.1, -0.05) is 6.07 Å². The zero-order valence-electron chi connectivity index (χ0n) is 22.1. The van der Waals surface area contributed by atoms with Crippen molar-refractivity contribution >= 4 is 51.0 Å². The highest BCUT2D eigenvalue weighted by Crippen LogP contribution is 2.25. The summed E-state index contributed by atoms with van der Waals surface area (Å²) in [6.07, 6.45) is 1.52. The van der Waals surface area contributed by atoms with Crippen LogP contribution in [0.5, 0.6) is 0 Å². The van der Waals surface area contributed by atoms with Gasteiger partial charge in [-0.05, 0) is 42.8 Å². The second-order valence-electron chi connectivity index (χ2n) is 9.98. The van der Waals surface area contributed by atoms with E-state index in [4.69, 9.17) is 0 Å². The number of sulfonamides is 1. The Kier molecular flexibility index (Phi) is 9.14. The summed E-state index contributed by atoms with van der Waals surface area (Å²) in [6, 6.07) is 2.19. The third-order valence-electron chi connectivity index (χ3n) is 7.23. The molecule has 0 radical (unpaired) electrons. The van der Waals surface area contributed by atoms with Gasteiger partial charge in [-0.25, -0.2) is 22.7 Å². The van der Waals surface area contributed by atoms with E-state index in [1.165, 1.54) is 11.0 Å². The molecule has 3 amide bonds. The second-order valence-corrected chi connectivity index (χ2v) is 12.9. The molecule has 4 heterocycles. The minimum absolute atomic E-state index is 0.0370. The van der Waals surface area contributed by atoms with E-state index in [1.807, 2.05) is 0 Å². The lowest BCUT2D eigenvalue weighted by molar-refractivity contribution is -0.149. The zero-order valence-corrected chi connectivity index (χ0v) is 23.8. The van der Waals surface area contributed by atoms with Gasteiger partial charge < -0.3 is 29.9 Å². The molecule has 0 bridgehead atoms. The van der Waals surface area contributed by atoms with Crippen molar-refractivity contribution in [2.24, 2.45) is 7.05 Å². The molecule has 0 aliphatic carbocycles. The zero-order chi connectivity index (χ0) is 29.9. The molecule has 222 valence electrons. The van der Waals surface area contributed by atoms with Gasteiger partial charge in [0.05, 0.1) is 6.04 Å². The van der Waals surface area contributed by atoms with Crippen LogP contribution >= 0.6 is 11.3 Å². The summed E-state index contributed by atoms with van der Waals surface area (Å²) in [7, 11) is -2.18. The number of thiophene rings is 1. The number of hydrogen-bond acceptors (Lipinski definition) is 8. The van der Waals surface area contributed by atoms with Gasteiger partial charge in [-0.2, -0.15) is 0 Å². The summed E-state index contributed by atoms with van der Waals surface area (Å²) in [5.74, 6) is -4.03. The van der Waals surface area contributed by atoms with Crippen LogP contribution in [-0.2, 0) is 36.2 Å². The number of aromatic nitrogens is 1. The molecule has 41 heavy (non-hydrogen) atoms. The molecule has 0 spiro atoms. The van der Waals surface area contributed by atoms with E-state index in [2.05, 4.69) is 10.0 Å². The van der Waals surface area contributed by atoms with Crippen LogP contribution < -0.4 is 10.0 Å². The molecule has 4 atom stereocenters. The number of nitrogens with one attached hydrogen (secondary N) is 2. The summed E-state index contributed by atoms with van der Waals surface area (Å²) < 4.78 is 29.2. The molecule has 4 rings (SSSR count). The summed E-state index contributed by atoms with van der Waals surface area (Å²) in [5, 5.41) is 23.7. The molecular weight excluding hydrogens is 578 g/mol. The first-order valence-electron chi connectivity index (χ1n) is 12.9. The number of hydrogen-bond donors (Lipinski definition) is 4. The summed E-state index contributed by atoms with van der Waals surface area (Å²) in [4.78, 5) is 64.5. The Morgan fingerprint density at radius 3 is 2.32 bits per heavy atom. The van der Waals surface area contributed by atoms with Gasteiger partial charge in [0.15, 0.2) is 0 Å². The van der Waals surface area contributed by atoms with Crippen LogP contribution in [-0.4, -0.2) is 99.9 Å². The smallest absolute Gasteiger partial charge is 0.328 e. The van der Waals surface area contributed by atoms with E-state index in [-0.39, 0.29) is 49.4 Å². The van der Waals surface area contributed by atoms with Crippen molar-refractivity contribution in [2.75, 3.05) is 13.1 Å². The van der Waals surface area contributed by atoms with Crippen LogP contribution in [0.2, 0.25) is 0 Å². The lowest BCUT2D eigenvalue weighted by Gasteiger charge is -2.25. The predicted octanol–water partition coefficient (Wildman–Crippen LogP) is 0.0734. The van der Waals surface area contributed by atoms with E-state index in [1.54, 1.807) is 41.4 Å². The van der Waals surface area contributed by atoms with Crippen LogP contribution in [0.3, 0.4) is 0 Å². The Bertz CT molecular complexity index is 1420. The lowest BCUT2D eigenvalue weighted by Crippen LogP contribution is -2.51. The Labute approximate surface area is 240 Å². The number of carbonyl (C=O) groups is 5. The Morgan fingerprint density at radius 2 is 1.73 bits per heavy atom. The van der Waals surface area contributed by atoms with Crippen LogP contribution in [0.15, 0.2) is 40.1 Å². The van der Waals surface area contributed by atoms with Crippen molar-refractivity contribution in [1.82, 2.24) is 24.4 Å². The molecule has 4 N–H and O–H groups in total. The van der Waals surface area contributed by atoms with E-state index in [0.717, 1.165) is 16.2 Å². The second kappa shape index (κ2) is 12.4. The minimum Gasteiger partial charge on any atom is -0.480 e. The van der Waals surface area contributed by atoms with E-state index < -0.39 is 63.9 Å². The number of aliphatic carboxylic acids is 2. The van der Waals surface area contributed by atoms with Crippen molar-refractivity contribution < 1.29 is 42.6 Å². The van der Waals surface area contributed by atoms with Crippen LogP contribution in [0.4, 0.5) is 0 Å². The van der Waals surface area contributed by atoms with Crippen LogP contribution in [0.25, 0.3) is 0 Å². The minimum atomic E-state index is -3.86. The van der Waals surface area contributed by atoms with Crippen molar-refractivity contribution in [3.63, 3.8) is 0 Å². The van der Waals surface area contributed by atoms with Gasteiger partial charge in [-0.15, -0.1) is 11.3 Å². The van der Waals surface area contributed by atoms with Crippen LogP contribution in [0, 0.1) is 0 Å². The van der Waals surface area contributed by atoms with Gasteiger partial charge in [0.25, 0.3) is 5.91 Å². The average molecular weight is 610 g/mol. The maximum absolute atomic E-state index is 12.9. The topological polar surface area (TPSA) is 195 Å². The molecular formula is C25H31N5O9S2. The van der Waals surface area contributed by atoms with Gasteiger partial charge in [0.1, 0.15) is 22.0 Å². The fourth-order valence-corrected chi connectivity index (χ4v) is 7.52. The summed E-state index contributed by atoms with van der Waals surface area (Å²) in [6.45, 7) is -0.0226. The SMILES string of the molecule is Cn1cccc1C(=O)NC1CCN(C(=O)CCCC(=O)N2CC(NS(=O)(=O)c3cccs3)CC2C(=O)O)C1C(=O)O. The molecule has 2 aliphatic heterocycles.